The summed E-state index contributed by atoms with van der Waals surface area (Å²) in [5, 5.41) is 13.4. The Labute approximate surface area is 143 Å². The summed E-state index contributed by atoms with van der Waals surface area (Å²) in [5.74, 6) is 0. The molecule has 0 unspecified atom stereocenters. The van der Waals surface area contributed by atoms with Crippen LogP contribution in [0.4, 0.5) is 5.69 Å². The first-order valence-corrected chi connectivity index (χ1v) is 8.02. The number of nitrogens with zero attached hydrogens (tertiary/aromatic N) is 3. The van der Waals surface area contributed by atoms with Gasteiger partial charge in [-0.3, -0.25) is 14.5 Å². The van der Waals surface area contributed by atoms with Gasteiger partial charge in [-0.25, -0.2) is 4.98 Å². The Bertz CT molecular complexity index is 1100. The molecule has 0 atom stereocenters. The number of nitrogens with two attached hydrogens (primary N) is 1. The molecule has 0 aliphatic heterocycles. The van der Waals surface area contributed by atoms with Crippen molar-refractivity contribution in [3.05, 3.63) is 76.6 Å². The van der Waals surface area contributed by atoms with Crippen LogP contribution < -0.4 is 5.73 Å². The lowest BCUT2D eigenvalue weighted by Crippen LogP contribution is -2.06. The van der Waals surface area contributed by atoms with Crippen LogP contribution in [0.25, 0.3) is 27.7 Å². The van der Waals surface area contributed by atoms with E-state index in [0.29, 0.717) is 18.6 Å². The Hall–Kier alpha value is -3.25. The summed E-state index contributed by atoms with van der Waals surface area (Å²) in [6, 6.07) is 17.4. The second-order valence-electron chi connectivity index (χ2n) is 5.88. The maximum absolute atomic E-state index is 11.1. The van der Waals surface area contributed by atoms with Gasteiger partial charge in [-0.1, -0.05) is 36.4 Å². The van der Waals surface area contributed by atoms with Gasteiger partial charge in [0.25, 0.3) is 5.69 Å². The summed E-state index contributed by atoms with van der Waals surface area (Å²) in [6.45, 7) is 0.442. The molecule has 0 amide bonds. The minimum atomic E-state index is -0.401. The number of imidazole rings is 1. The molecule has 2 heterocycles. The van der Waals surface area contributed by atoms with E-state index in [0.717, 1.165) is 27.7 Å². The van der Waals surface area contributed by atoms with E-state index in [2.05, 4.69) is 24.3 Å². The number of rotatable bonds is 4. The first kappa shape index (κ1) is 15.3. The summed E-state index contributed by atoms with van der Waals surface area (Å²) in [6.07, 6.45) is 2.10. The second-order valence-corrected chi connectivity index (χ2v) is 5.88. The molecule has 4 rings (SSSR count). The molecular weight excluding hydrogens is 316 g/mol. The van der Waals surface area contributed by atoms with Crippen molar-refractivity contribution in [3.63, 3.8) is 0 Å². The molecule has 2 aromatic heterocycles. The van der Waals surface area contributed by atoms with Gasteiger partial charge in [0.05, 0.1) is 22.5 Å². The van der Waals surface area contributed by atoms with E-state index >= 15 is 0 Å². The summed E-state index contributed by atoms with van der Waals surface area (Å²) in [7, 11) is 0. The number of benzene rings is 2. The zero-order valence-corrected chi connectivity index (χ0v) is 13.4. The van der Waals surface area contributed by atoms with Gasteiger partial charge in [-0.15, -0.1) is 0 Å². The van der Waals surface area contributed by atoms with Gasteiger partial charge in [0.2, 0.25) is 0 Å². The molecule has 0 bridgehead atoms. The molecule has 2 N–H and O–H groups in total. The fraction of sp³-hybridized carbons (Fsp3) is 0.105. The van der Waals surface area contributed by atoms with Gasteiger partial charge >= 0.3 is 0 Å². The van der Waals surface area contributed by atoms with Crippen LogP contribution in [0.3, 0.4) is 0 Å². The van der Waals surface area contributed by atoms with Crippen LogP contribution in [-0.2, 0) is 6.42 Å². The topological polar surface area (TPSA) is 86.5 Å². The summed E-state index contributed by atoms with van der Waals surface area (Å²) in [4.78, 5) is 15.4. The first-order valence-electron chi connectivity index (χ1n) is 8.02. The highest BCUT2D eigenvalue weighted by Gasteiger charge is 2.16. The molecule has 6 nitrogen and oxygen atoms in total. The van der Waals surface area contributed by atoms with Crippen molar-refractivity contribution in [2.24, 2.45) is 5.73 Å². The summed E-state index contributed by atoms with van der Waals surface area (Å²) in [5.41, 5.74) is 9.17. The van der Waals surface area contributed by atoms with Crippen LogP contribution in [0, 0.1) is 10.1 Å². The molecule has 6 heteroatoms. The molecule has 0 radical (unpaired) electrons. The Kier molecular flexibility index (Phi) is 3.66. The van der Waals surface area contributed by atoms with Crippen molar-refractivity contribution < 1.29 is 4.92 Å². The lowest BCUT2D eigenvalue weighted by atomic mass is 10.0. The second kappa shape index (κ2) is 5.99. The van der Waals surface area contributed by atoms with Gasteiger partial charge < -0.3 is 5.73 Å². The maximum atomic E-state index is 11.1. The number of pyridine rings is 1. The lowest BCUT2D eigenvalue weighted by Gasteiger charge is -2.05. The predicted molar refractivity (Wildman–Crippen MR) is 97.5 cm³/mol. The highest BCUT2D eigenvalue weighted by molar-refractivity contribution is 5.87. The van der Waals surface area contributed by atoms with E-state index < -0.39 is 4.92 Å². The molecule has 0 spiro atoms. The quantitative estimate of drug-likeness (QED) is 0.457. The van der Waals surface area contributed by atoms with Crippen molar-refractivity contribution in [1.29, 1.82) is 0 Å². The fourth-order valence-electron chi connectivity index (χ4n) is 3.13. The molecule has 2 aromatic carbocycles. The van der Waals surface area contributed by atoms with Crippen molar-refractivity contribution in [1.82, 2.24) is 9.38 Å². The van der Waals surface area contributed by atoms with Crippen LogP contribution in [0.1, 0.15) is 5.69 Å². The number of hydrogen-bond donors (Lipinski definition) is 1. The summed E-state index contributed by atoms with van der Waals surface area (Å²) >= 11 is 0. The lowest BCUT2D eigenvalue weighted by molar-refractivity contribution is -0.385. The van der Waals surface area contributed by atoms with Crippen LogP contribution in [0.5, 0.6) is 0 Å². The SMILES string of the molecule is NCCc1c(-c2ccc3ccccc3c2)nc2ccc([N+](=O)[O-])cn12. The van der Waals surface area contributed by atoms with Gasteiger partial charge in [0, 0.05) is 18.1 Å². The molecule has 0 aliphatic carbocycles. The Morgan fingerprint density at radius 1 is 1.08 bits per heavy atom. The zero-order valence-electron chi connectivity index (χ0n) is 13.4. The van der Waals surface area contributed by atoms with Crippen molar-refractivity contribution >= 4 is 22.1 Å². The number of aromatic nitrogens is 2. The Morgan fingerprint density at radius 2 is 1.88 bits per heavy atom. The highest BCUT2D eigenvalue weighted by atomic mass is 16.6. The normalized spacial score (nSPS) is 11.2. The molecule has 4 aromatic rings. The number of hydrogen-bond acceptors (Lipinski definition) is 4. The monoisotopic (exact) mass is 332 g/mol. The van der Waals surface area contributed by atoms with E-state index in [1.54, 1.807) is 10.5 Å². The minimum absolute atomic E-state index is 0.0354. The molecule has 0 aliphatic rings. The van der Waals surface area contributed by atoms with Crippen molar-refractivity contribution in [2.45, 2.75) is 6.42 Å². The van der Waals surface area contributed by atoms with Crippen LogP contribution in [-0.4, -0.2) is 20.9 Å². The van der Waals surface area contributed by atoms with Crippen molar-refractivity contribution in [3.8, 4) is 11.3 Å². The van der Waals surface area contributed by atoms with Gasteiger partial charge in [0.15, 0.2) is 0 Å². The highest BCUT2D eigenvalue weighted by Crippen LogP contribution is 2.29. The molecule has 0 fully saturated rings. The largest absolute Gasteiger partial charge is 0.330 e. The Balaban J connectivity index is 1.95. The zero-order chi connectivity index (χ0) is 17.4. The number of nitro groups is 1. The predicted octanol–water partition coefficient (Wildman–Crippen LogP) is 3.56. The average molecular weight is 332 g/mol. The van der Waals surface area contributed by atoms with Gasteiger partial charge in [0.1, 0.15) is 5.65 Å². The summed E-state index contributed by atoms with van der Waals surface area (Å²) < 4.78 is 1.77. The third-order valence-electron chi connectivity index (χ3n) is 4.32. The van der Waals surface area contributed by atoms with Crippen LogP contribution in [0.15, 0.2) is 60.8 Å². The van der Waals surface area contributed by atoms with E-state index in [1.807, 2.05) is 18.2 Å². The fourth-order valence-corrected chi connectivity index (χ4v) is 3.13. The molecule has 25 heavy (non-hydrogen) atoms. The molecule has 0 saturated heterocycles. The molecule has 0 saturated carbocycles. The van der Waals surface area contributed by atoms with E-state index in [9.17, 15) is 10.1 Å². The standard InChI is InChI=1S/C19H16N4O2/c20-10-9-17-19(15-6-5-13-3-1-2-4-14(13)11-15)21-18-8-7-16(23(24)25)12-22(17)18/h1-8,11-12H,9-10,20H2. The van der Waals surface area contributed by atoms with Crippen LogP contribution in [0.2, 0.25) is 0 Å². The smallest absolute Gasteiger partial charge is 0.286 e. The van der Waals surface area contributed by atoms with Crippen molar-refractivity contribution in [2.75, 3.05) is 6.54 Å². The van der Waals surface area contributed by atoms with Crippen LogP contribution >= 0.6 is 0 Å². The first-order chi connectivity index (χ1) is 12.2. The van der Waals surface area contributed by atoms with Gasteiger partial charge in [-0.05, 0) is 29.4 Å². The third-order valence-corrected chi connectivity index (χ3v) is 4.32. The van der Waals surface area contributed by atoms with Gasteiger partial charge in [-0.2, -0.15) is 0 Å². The third kappa shape index (κ3) is 2.62. The molecular formula is C19H16N4O2. The Morgan fingerprint density at radius 3 is 2.64 bits per heavy atom. The average Bonchev–Trinajstić information content (AvgIpc) is 2.99. The van der Waals surface area contributed by atoms with E-state index in [-0.39, 0.29) is 5.69 Å². The number of fused-ring (bicyclic) bond motifs is 2. The molecule has 124 valence electrons. The minimum Gasteiger partial charge on any atom is -0.330 e. The maximum Gasteiger partial charge on any atom is 0.286 e. The van der Waals surface area contributed by atoms with E-state index in [4.69, 9.17) is 10.7 Å². The van der Waals surface area contributed by atoms with E-state index in [1.165, 1.54) is 12.3 Å².